The summed E-state index contributed by atoms with van der Waals surface area (Å²) in [5.41, 5.74) is 0.815. The van der Waals surface area contributed by atoms with Crippen LogP contribution in [0.4, 0.5) is 0 Å². The second-order valence-electron chi connectivity index (χ2n) is 20.3. The Labute approximate surface area is 398 Å². The first kappa shape index (κ1) is 58.7. The monoisotopic (exact) mass is 962 g/mol. The van der Waals surface area contributed by atoms with Gasteiger partial charge in [0.1, 0.15) is 23.7 Å². The summed E-state index contributed by atoms with van der Waals surface area (Å²) in [6.45, 7) is 29.4. The van der Waals surface area contributed by atoms with Crippen LogP contribution in [0.3, 0.4) is 0 Å². The van der Waals surface area contributed by atoms with Crippen molar-refractivity contribution in [1.29, 1.82) is 5.26 Å². The molecule has 0 aromatic heterocycles. The fourth-order valence-corrected chi connectivity index (χ4v) is 8.12. The van der Waals surface area contributed by atoms with E-state index in [1.165, 1.54) is 0 Å². The SMILES string of the molecule is COCCOCOc1ccccc1CN(CC(=O)OCCC#N)[C@@H](CO[Si](C)(C)C(C)(C)C)[C@H](CO[Si](C)(C)C(C)(C)C)N(CC(=O)OC(C)(C)C)Cc1ccccc1OCOCCOC. The molecule has 0 aliphatic heterocycles. The van der Waals surface area contributed by atoms with Crippen molar-refractivity contribution in [1.82, 2.24) is 9.80 Å². The van der Waals surface area contributed by atoms with Gasteiger partial charge < -0.3 is 46.7 Å². The molecule has 17 heteroatoms. The fraction of sp³-hybridized carbons (Fsp3) is 0.694. The number of rotatable bonds is 31. The molecule has 66 heavy (non-hydrogen) atoms. The molecule has 0 bridgehead atoms. The highest BCUT2D eigenvalue weighted by atomic mass is 28.4. The van der Waals surface area contributed by atoms with Crippen LogP contribution in [0.2, 0.25) is 36.3 Å². The van der Waals surface area contributed by atoms with Gasteiger partial charge in [-0.25, -0.2) is 0 Å². The van der Waals surface area contributed by atoms with Gasteiger partial charge in [-0.05, 0) is 69.2 Å². The number of nitriles is 1. The van der Waals surface area contributed by atoms with Gasteiger partial charge in [-0.1, -0.05) is 77.9 Å². The molecular formula is C49H83N3O12Si2. The Hall–Kier alpha value is -3.42. The summed E-state index contributed by atoms with van der Waals surface area (Å²) in [6.07, 6.45) is 0.0505. The Morgan fingerprint density at radius 3 is 1.41 bits per heavy atom. The highest BCUT2D eigenvalue weighted by Crippen LogP contribution is 2.39. The van der Waals surface area contributed by atoms with E-state index >= 15 is 0 Å². The predicted octanol–water partition coefficient (Wildman–Crippen LogP) is 8.57. The molecule has 2 aromatic carbocycles. The average Bonchev–Trinajstić information content (AvgIpc) is 3.21. The predicted molar refractivity (Wildman–Crippen MR) is 261 cm³/mol. The lowest BCUT2D eigenvalue weighted by Crippen LogP contribution is -2.60. The zero-order valence-corrected chi connectivity index (χ0v) is 44.9. The van der Waals surface area contributed by atoms with Crippen LogP contribution in [0, 0.1) is 11.3 Å². The van der Waals surface area contributed by atoms with Gasteiger partial charge >= 0.3 is 11.9 Å². The maximum absolute atomic E-state index is 14.2. The lowest BCUT2D eigenvalue weighted by molar-refractivity contribution is -0.158. The van der Waals surface area contributed by atoms with Crippen LogP contribution in [0.1, 0.15) is 79.9 Å². The van der Waals surface area contributed by atoms with Gasteiger partial charge in [-0.2, -0.15) is 5.26 Å². The van der Waals surface area contributed by atoms with Crippen molar-refractivity contribution in [2.45, 2.75) is 136 Å². The van der Waals surface area contributed by atoms with Crippen LogP contribution in [0.5, 0.6) is 11.5 Å². The molecule has 0 radical (unpaired) electrons. The number of hydrogen-bond acceptors (Lipinski definition) is 15. The third-order valence-corrected chi connectivity index (χ3v) is 20.9. The lowest BCUT2D eigenvalue weighted by Gasteiger charge is -2.46. The summed E-state index contributed by atoms with van der Waals surface area (Å²) in [6, 6.07) is 16.1. The molecule has 0 aliphatic carbocycles. The zero-order chi connectivity index (χ0) is 49.6. The van der Waals surface area contributed by atoms with E-state index in [9.17, 15) is 14.9 Å². The van der Waals surface area contributed by atoms with E-state index in [1.54, 1.807) is 14.2 Å². The summed E-state index contributed by atoms with van der Waals surface area (Å²) in [5, 5.41) is 9.00. The molecule has 0 amide bonds. The second kappa shape index (κ2) is 28.2. The molecule has 0 N–H and O–H groups in total. The average molecular weight is 962 g/mol. The van der Waals surface area contributed by atoms with E-state index in [-0.39, 0.29) is 76.1 Å². The van der Waals surface area contributed by atoms with Gasteiger partial charge in [0, 0.05) is 38.4 Å². The molecule has 0 saturated heterocycles. The normalized spacial score (nSPS) is 13.6. The van der Waals surface area contributed by atoms with Crippen molar-refractivity contribution >= 4 is 28.6 Å². The molecule has 0 saturated carbocycles. The summed E-state index contributed by atoms with van der Waals surface area (Å²) < 4.78 is 60.1. The van der Waals surface area contributed by atoms with E-state index in [1.807, 2.05) is 74.2 Å². The number of carbonyl (C=O) groups is 2. The second-order valence-corrected chi connectivity index (χ2v) is 30.0. The summed E-state index contributed by atoms with van der Waals surface area (Å²) >= 11 is 0. The number of ether oxygens (including phenoxy) is 8. The van der Waals surface area contributed by atoms with Crippen molar-refractivity contribution in [3.63, 3.8) is 0 Å². The van der Waals surface area contributed by atoms with Gasteiger partial charge in [0.25, 0.3) is 0 Å². The van der Waals surface area contributed by atoms with Gasteiger partial charge in [0.15, 0.2) is 30.2 Å². The molecule has 374 valence electrons. The molecule has 0 fully saturated rings. The summed E-state index contributed by atoms with van der Waals surface area (Å²) in [5.74, 6) is 0.206. The lowest BCUT2D eigenvalue weighted by atomic mass is 10.0. The Morgan fingerprint density at radius 2 is 1.03 bits per heavy atom. The molecule has 2 atom stereocenters. The maximum Gasteiger partial charge on any atom is 0.320 e. The quantitative estimate of drug-likeness (QED) is 0.0306. The molecule has 15 nitrogen and oxygen atoms in total. The van der Waals surface area contributed by atoms with E-state index in [0.29, 0.717) is 37.9 Å². The van der Waals surface area contributed by atoms with Crippen molar-refractivity contribution in [2.75, 3.05) is 87.1 Å². The third kappa shape index (κ3) is 21.3. The van der Waals surface area contributed by atoms with Crippen molar-refractivity contribution in [3.05, 3.63) is 59.7 Å². The topological polar surface area (TPSA) is 157 Å². The number of nitrogens with zero attached hydrogens (tertiary/aromatic N) is 3. The summed E-state index contributed by atoms with van der Waals surface area (Å²) in [7, 11) is -1.71. The van der Waals surface area contributed by atoms with E-state index < -0.39 is 46.3 Å². The maximum atomic E-state index is 14.2. The number of benzene rings is 2. The van der Waals surface area contributed by atoms with Gasteiger partial charge in [0.05, 0.1) is 77.3 Å². The molecule has 2 rings (SSSR count). The standard InChI is InChI=1S/C49H83N3O12Si2/c1-47(2,3)64-46(54)34-52(32-40-22-17-19-24-44(40)61-38-58-30-28-56-11)42(36-63-66(14,15)49(7,8)9)41(35-62-65(12,13)48(4,5)6)51(33-45(53)59-26-20-25-50)31-39-21-16-18-23-43(39)60-37-57-29-27-55-10/h16-19,21-24,41-42H,20,26-38H2,1-15H3/t41-,42-/m0/s1. The zero-order valence-electron chi connectivity index (χ0n) is 42.9. The first-order valence-corrected chi connectivity index (χ1v) is 28.7. The van der Waals surface area contributed by atoms with Crippen LogP contribution in [0.25, 0.3) is 0 Å². The molecule has 2 aromatic rings. The number of methoxy groups -OCH3 is 2. The number of esters is 2. The number of para-hydroxylation sites is 2. The first-order chi connectivity index (χ1) is 30.9. The van der Waals surface area contributed by atoms with E-state index in [4.69, 9.17) is 46.7 Å². The van der Waals surface area contributed by atoms with Crippen LogP contribution >= 0.6 is 0 Å². The van der Waals surface area contributed by atoms with Crippen LogP contribution < -0.4 is 9.47 Å². The highest BCUT2D eigenvalue weighted by Gasteiger charge is 2.44. The van der Waals surface area contributed by atoms with Gasteiger partial charge in [-0.3, -0.25) is 19.4 Å². The fourth-order valence-electron chi connectivity index (χ4n) is 6.08. The van der Waals surface area contributed by atoms with Crippen LogP contribution in [-0.2, 0) is 60.0 Å². The van der Waals surface area contributed by atoms with Crippen molar-refractivity contribution < 1.29 is 56.3 Å². The number of carbonyl (C=O) groups excluding carboxylic acids is 2. The molecule has 0 spiro atoms. The van der Waals surface area contributed by atoms with Crippen LogP contribution in [-0.4, -0.2) is 143 Å². The highest BCUT2D eigenvalue weighted by molar-refractivity contribution is 6.74. The van der Waals surface area contributed by atoms with Gasteiger partial charge in [-0.15, -0.1) is 0 Å². The minimum atomic E-state index is -2.47. The Morgan fingerprint density at radius 1 is 0.621 bits per heavy atom. The largest absolute Gasteiger partial charge is 0.467 e. The molecule has 0 unspecified atom stereocenters. The third-order valence-electron chi connectivity index (χ3n) is 11.9. The molecular weight excluding hydrogens is 879 g/mol. The van der Waals surface area contributed by atoms with E-state index in [0.717, 1.165) is 11.1 Å². The number of hydrogen-bond donors (Lipinski definition) is 0. The smallest absolute Gasteiger partial charge is 0.320 e. The van der Waals surface area contributed by atoms with Crippen molar-refractivity contribution in [2.24, 2.45) is 0 Å². The Bertz CT molecular complexity index is 1770. The first-order valence-electron chi connectivity index (χ1n) is 22.9. The Kier molecular flexibility index (Phi) is 25.1. The van der Waals surface area contributed by atoms with E-state index in [2.05, 4.69) is 78.7 Å². The van der Waals surface area contributed by atoms with Crippen molar-refractivity contribution in [3.8, 4) is 17.6 Å². The van der Waals surface area contributed by atoms with Gasteiger partial charge in [0.2, 0.25) is 0 Å². The Balaban J connectivity index is 3.00. The van der Waals surface area contributed by atoms with Crippen LogP contribution in [0.15, 0.2) is 48.5 Å². The minimum absolute atomic E-state index is 0.00603. The minimum Gasteiger partial charge on any atom is -0.467 e. The molecule has 0 aliphatic rings. The molecule has 0 heterocycles. The summed E-state index contributed by atoms with van der Waals surface area (Å²) in [4.78, 5) is 32.3.